The maximum atomic E-state index is 5.58. The van der Waals surface area contributed by atoms with Gasteiger partial charge in [-0.2, -0.15) is 0 Å². The van der Waals surface area contributed by atoms with Gasteiger partial charge in [0.05, 0.1) is 13.0 Å². The number of hydrogen-bond acceptors (Lipinski definition) is 3. The summed E-state index contributed by atoms with van der Waals surface area (Å²) in [4.78, 5) is 0. The zero-order chi connectivity index (χ0) is 8.27. The first-order valence-corrected chi connectivity index (χ1v) is 3.81. The molecule has 0 radical (unpaired) electrons. The van der Waals surface area contributed by atoms with Crippen molar-refractivity contribution >= 4 is 23.2 Å². The van der Waals surface area contributed by atoms with Gasteiger partial charge in [-0.25, -0.2) is 0 Å². The van der Waals surface area contributed by atoms with E-state index in [0.29, 0.717) is 16.9 Å². The Hall–Kier alpha value is -0.540. The van der Waals surface area contributed by atoms with E-state index in [1.54, 1.807) is 6.07 Å². The lowest BCUT2D eigenvalue weighted by atomic mass is 10.3. The molecule has 0 unspecified atom stereocenters. The summed E-state index contributed by atoms with van der Waals surface area (Å²) >= 11 is 11.1. The molecule has 3 nitrogen and oxygen atoms in total. The molecule has 1 aromatic heterocycles. The van der Waals surface area contributed by atoms with E-state index in [-0.39, 0.29) is 0 Å². The predicted octanol–water partition coefficient (Wildman–Crippen LogP) is 1.88. The molecule has 0 atom stereocenters. The minimum Gasteiger partial charge on any atom is -0.480 e. The summed E-state index contributed by atoms with van der Waals surface area (Å²) in [6, 6.07) is 1.63. The van der Waals surface area contributed by atoms with Gasteiger partial charge >= 0.3 is 0 Å². The zero-order valence-electron chi connectivity index (χ0n) is 5.84. The smallest absolute Gasteiger partial charge is 0.237 e. The van der Waals surface area contributed by atoms with Crippen molar-refractivity contribution in [1.82, 2.24) is 10.2 Å². The number of rotatable bonds is 2. The molecule has 60 valence electrons. The van der Waals surface area contributed by atoms with Gasteiger partial charge in [-0.1, -0.05) is 11.6 Å². The molecule has 0 spiro atoms. The molecule has 0 fully saturated rings. The van der Waals surface area contributed by atoms with Crippen molar-refractivity contribution < 1.29 is 4.74 Å². The van der Waals surface area contributed by atoms with Crippen molar-refractivity contribution in [2.24, 2.45) is 0 Å². The SMILES string of the molecule is COc1nnc(Cl)cc1CCl. The lowest BCUT2D eigenvalue weighted by molar-refractivity contribution is 0.388. The number of alkyl halides is 1. The number of nitrogens with zero attached hydrogens (tertiary/aromatic N) is 2. The Morgan fingerprint density at radius 3 is 2.82 bits per heavy atom. The quantitative estimate of drug-likeness (QED) is 0.672. The first-order valence-electron chi connectivity index (χ1n) is 2.90. The molecule has 0 amide bonds. The molecule has 1 rings (SSSR count). The van der Waals surface area contributed by atoms with Crippen molar-refractivity contribution in [3.05, 3.63) is 16.8 Å². The van der Waals surface area contributed by atoms with E-state index in [0.717, 1.165) is 5.56 Å². The van der Waals surface area contributed by atoms with Crippen molar-refractivity contribution in [3.63, 3.8) is 0 Å². The highest BCUT2D eigenvalue weighted by Gasteiger charge is 2.04. The molecule has 1 aromatic rings. The van der Waals surface area contributed by atoms with E-state index in [1.807, 2.05) is 0 Å². The maximum Gasteiger partial charge on any atom is 0.237 e. The molecule has 0 saturated carbocycles. The van der Waals surface area contributed by atoms with Crippen LogP contribution in [0.3, 0.4) is 0 Å². The minimum atomic E-state index is 0.318. The van der Waals surface area contributed by atoms with Gasteiger partial charge in [-0.3, -0.25) is 0 Å². The number of ether oxygens (including phenoxy) is 1. The zero-order valence-corrected chi connectivity index (χ0v) is 7.35. The number of methoxy groups -OCH3 is 1. The van der Waals surface area contributed by atoms with Gasteiger partial charge in [0.25, 0.3) is 0 Å². The average molecular weight is 193 g/mol. The summed E-state index contributed by atoms with van der Waals surface area (Å²) < 4.78 is 4.87. The van der Waals surface area contributed by atoms with E-state index in [1.165, 1.54) is 7.11 Å². The van der Waals surface area contributed by atoms with Crippen LogP contribution in [0.5, 0.6) is 5.88 Å². The topological polar surface area (TPSA) is 35.0 Å². The van der Waals surface area contributed by atoms with Crippen LogP contribution in [0.4, 0.5) is 0 Å². The third kappa shape index (κ3) is 1.94. The van der Waals surface area contributed by atoms with Crippen molar-refractivity contribution in [3.8, 4) is 5.88 Å². The first kappa shape index (κ1) is 8.56. The number of halogens is 2. The van der Waals surface area contributed by atoms with Crippen molar-refractivity contribution in [2.75, 3.05) is 7.11 Å². The highest BCUT2D eigenvalue weighted by Crippen LogP contribution is 2.18. The fraction of sp³-hybridized carbons (Fsp3) is 0.333. The first-order chi connectivity index (χ1) is 5.27. The van der Waals surface area contributed by atoms with Crippen LogP contribution in [0.2, 0.25) is 5.15 Å². The summed E-state index contributed by atoms with van der Waals surface area (Å²) in [6.45, 7) is 0. The standard InChI is InChI=1S/C6H6Cl2N2O/c1-11-6-4(3-7)2-5(8)9-10-6/h2H,3H2,1H3. The second-order valence-electron chi connectivity index (χ2n) is 1.84. The Morgan fingerprint density at radius 1 is 1.55 bits per heavy atom. The second-order valence-corrected chi connectivity index (χ2v) is 2.49. The molecule has 1 heterocycles. The Balaban J connectivity index is 3.06. The van der Waals surface area contributed by atoms with Crippen molar-refractivity contribution in [2.45, 2.75) is 5.88 Å². The minimum absolute atomic E-state index is 0.318. The van der Waals surface area contributed by atoms with Crippen LogP contribution in [0.15, 0.2) is 6.07 Å². The Morgan fingerprint density at radius 2 is 2.27 bits per heavy atom. The maximum absolute atomic E-state index is 5.58. The second kappa shape index (κ2) is 3.74. The molecule has 5 heteroatoms. The van der Waals surface area contributed by atoms with Crippen LogP contribution in [0.1, 0.15) is 5.56 Å². The van der Waals surface area contributed by atoms with Crippen LogP contribution in [0, 0.1) is 0 Å². The van der Waals surface area contributed by atoms with E-state index < -0.39 is 0 Å². The average Bonchev–Trinajstić information content (AvgIpc) is 2.04. The van der Waals surface area contributed by atoms with Crippen LogP contribution < -0.4 is 4.74 Å². The summed E-state index contributed by atoms with van der Waals surface area (Å²) in [5, 5.41) is 7.59. The fourth-order valence-corrected chi connectivity index (χ4v) is 1.02. The normalized spacial score (nSPS) is 9.73. The number of aromatic nitrogens is 2. The van der Waals surface area contributed by atoms with Gasteiger partial charge in [0.2, 0.25) is 5.88 Å². The van der Waals surface area contributed by atoms with E-state index >= 15 is 0 Å². The van der Waals surface area contributed by atoms with E-state index in [2.05, 4.69) is 10.2 Å². The van der Waals surface area contributed by atoms with E-state index in [4.69, 9.17) is 27.9 Å². The molecule has 0 saturated heterocycles. The van der Waals surface area contributed by atoms with E-state index in [9.17, 15) is 0 Å². The van der Waals surface area contributed by atoms with Crippen LogP contribution in [-0.2, 0) is 5.88 Å². The summed E-state index contributed by atoms with van der Waals surface area (Å²) in [7, 11) is 1.51. The van der Waals surface area contributed by atoms with Crippen LogP contribution in [0.25, 0.3) is 0 Å². The molecule has 0 aliphatic rings. The van der Waals surface area contributed by atoms with Gasteiger partial charge in [0, 0.05) is 5.56 Å². The molecule has 0 bridgehead atoms. The third-order valence-electron chi connectivity index (χ3n) is 1.14. The summed E-state index contributed by atoms with van der Waals surface area (Å²) in [6.07, 6.45) is 0. The molecule has 0 aliphatic heterocycles. The Labute approximate surface area is 74.3 Å². The Bertz CT molecular complexity index is 254. The van der Waals surface area contributed by atoms with Gasteiger partial charge in [-0.15, -0.1) is 21.8 Å². The molecular weight excluding hydrogens is 187 g/mol. The molecular formula is C6H6Cl2N2O. The van der Waals surface area contributed by atoms with Gasteiger partial charge in [0.1, 0.15) is 0 Å². The lowest BCUT2D eigenvalue weighted by Gasteiger charge is -2.01. The largest absolute Gasteiger partial charge is 0.480 e. The lowest BCUT2D eigenvalue weighted by Crippen LogP contribution is -1.95. The highest BCUT2D eigenvalue weighted by atomic mass is 35.5. The molecule has 11 heavy (non-hydrogen) atoms. The highest BCUT2D eigenvalue weighted by molar-refractivity contribution is 6.29. The van der Waals surface area contributed by atoms with Gasteiger partial charge in [0.15, 0.2) is 5.15 Å². The van der Waals surface area contributed by atoms with Gasteiger partial charge < -0.3 is 4.74 Å². The Kier molecular flexibility index (Phi) is 2.91. The predicted molar refractivity (Wildman–Crippen MR) is 43.2 cm³/mol. The summed E-state index contributed by atoms with van der Waals surface area (Å²) in [5.41, 5.74) is 0.745. The molecule has 0 aromatic carbocycles. The summed E-state index contributed by atoms with van der Waals surface area (Å²) in [5.74, 6) is 0.739. The van der Waals surface area contributed by atoms with Crippen LogP contribution in [-0.4, -0.2) is 17.3 Å². The van der Waals surface area contributed by atoms with Crippen molar-refractivity contribution in [1.29, 1.82) is 0 Å². The fourth-order valence-electron chi connectivity index (χ4n) is 0.659. The monoisotopic (exact) mass is 192 g/mol. The third-order valence-corrected chi connectivity index (χ3v) is 1.61. The number of hydrogen-bond donors (Lipinski definition) is 0. The van der Waals surface area contributed by atoms with Crippen LogP contribution >= 0.6 is 23.2 Å². The van der Waals surface area contributed by atoms with Gasteiger partial charge in [-0.05, 0) is 6.07 Å². The molecule has 0 N–H and O–H groups in total. The molecule has 0 aliphatic carbocycles.